The molecule has 4 saturated heterocycles. The van der Waals surface area contributed by atoms with Crippen LogP contribution in [0, 0.1) is 186 Å². The Balaban J connectivity index is 0.776. The summed E-state index contributed by atoms with van der Waals surface area (Å²) in [7, 11) is 0. The van der Waals surface area contributed by atoms with Crippen LogP contribution in [0.5, 0.6) is 0 Å². The molecule has 0 amide bonds. The van der Waals surface area contributed by atoms with Gasteiger partial charge in [-0.2, -0.15) is 0 Å². The summed E-state index contributed by atoms with van der Waals surface area (Å²) >= 11 is 0. The first-order valence-electron chi connectivity index (χ1n) is 57.9. The SMILES string of the molecule is CC(C)(C)C1CC2CCC3CC(C(C)(C)C)CC4C(C5CCC6B7C8CCC(N9C%10CCC(C(C)(C)C)CC%10C%10CC(C(C)(C)C)CCC%109)CC8N(C8C(C9CCCCC9)CC(C(C)(C)C)CC8C8CCCCC8)C8CC(N9C%10CCCCC%10C%10CCCCC%109)CC(C78)N(C7C(C8CCCCC8)CC(C(C)(C)C)CC7C7CCCCC7)C6C5)CC(C1)C2C34. The Kier molecular flexibility index (Phi) is 25.2. The van der Waals surface area contributed by atoms with Gasteiger partial charge in [-0.05, 0) is 371 Å². The molecule has 5 heteroatoms. The van der Waals surface area contributed by atoms with E-state index in [0.29, 0.717) is 32.5 Å². The molecule has 33 unspecified atom stereocenters. The van der Waals surface area contributed by atoms with Crippen molar-refractivity contribution >= 4 is 6.71 Å². The van der Waals surface area contributed by atoms with Gasteiger partial charge in [-0.3, -0.25) is 19.6 Å². The summed E-state index contributed by atoms with van der Waals surface area (Å²) in [5, 5.41) is 0. The standard InChI is InChI=1S/C118H201BN4/c1-113(2,3)80-50-55-102-95(62-80)96-63-81(114(4,5)6)51-56-103(96)120(102)86-52-54-99-105(69-86)123(112-93(74-39-27-21-28-40-74)66-85(118(16,17)18)67-94(112)75-41-29-22-30-42-75)107-71-87(121-100-45-33-31-43-88(100)89-44-32-34-46-101(89)121)70-106-110(107)119(99)98-53-49-76(90-60-79-59-82(115(7,8)9)57-77-47-48-78-58-83(116(10,11)12)68-97(90)109(78)108(77)79)61-104(98)122(106)111-91(72-35-23-19-24-36-72)64-84(117(13,14)15)65-92(111)73-37-25-20-26-38-73/h72-112H,19-71H2,1-18H3. The van der Waals surface area contributed by atoms with Crippen molar-refractivity contribution in [1.82, 2.24) is 19.6 Å². The Morgan fingerprint density at radius 3 is 0.935 bits per heavy atom. The first-order valence-corrected chi connectivity index (χ1v) is 57.9. The van der Waals surface area contributed by atoms with Crippen LogP contribution in [-0.4, -0.2) is 98.8 Å². The Hall–Kier alpha value is -0.0951. The molecule has 0 radical (unpaired) electrons. The second kappa shape index (κ2) is 34.6. The predicted octanol–water partition coefficient (Wildman–Crippen LogP) is 31.5. The van der Waals surface area contributed by atoms with Gasteiger partial charge in [-0.15, -0.1) is 0 Å². The van der Waals surface area contributed by atoms with E-state index in [0.717, 1.165) is 251 Å². The minimum absolute atomic E-state index is 0.366. The molecule has 4 heterocycles. The van der Waals surface area contributed by atoms with Crippen molar-refractivity contribution in [2.45, 2.75) is 555 Å². The van der Waals surface area contributed by atoms with E-state index in [1.807, 2.05) is 0 Å². The molecule has 21 aliphatic rings. The van der Waals surface area contributed by atoms with Gasteiger partial charge < -0.3 is 0 Å². The molecule has 0 aromatic rings. The minimum atomic E-state index is 0.366. The summed E-state index contributed by atoms with van der Waals surface area (Å²) in [6.45, 7) is 50.2. The Morgan fingerprint density at radius 2 is 0.504 bits per heavy atom. The lowest BCUT2D eigenvalue weighted by atomic mass is 9.18. The summed E-state index contributed by atoms with van der Waals surface area (Å²) in [4.78, 5) is 15.6. The molecule has 21 rings (SSSR count). The largest absolute Gasteiger partial charge is 0.295 e. The highest BCUT2D eigenvalue weighted by atomic mass is 15.3. The van der Waals surface area contributed by atoms with Crippen LogP contribution < -0.4 is 0 Å². The molecule has 123 heavy (non-hydrogen) atoms. The van der Waals surface area contributed by atoms with Crippen molar-refractivity contribution in [2.24, 2.45) is 186 Å². The second-order valence-corrected chi connectivity index (χ2v) is 58.9. The van der Waals surface area contributed by atoms with Crippen molar-refractivity contribution in [2.75, 3.05) is 0 Å². The van der Waals surface area contributed by atoms with Crippen LogP contribution in [0.4, 0.5) is 0 Å². The molecule has 17 saturated carbocycles. The Labute approximate surface area is 762 Å². The van der Waals surface area contributed by atoms with Crippen molar-refractivity contribution in [3.05, 3.63) is 0 Å². The van der Waals surface area contributed by atoms with E-state index in [1.54, 1.807) is 199 Å². The smallest absolute Gasteiger partial charge is 0.156 e. The van der Waals surface area contributed by atoms with E-state index in [9.17, 15) is 0 Å². The topological polar surface area (TPSA) is 13.0 Å². The molecule has 4 aliphatic heterocycles. The molecule has 17 aliphatic carbocycles. The fourth-order valence-corrected chi connectivity index (χ4v) is 42.3. The summed E-state index contributed by atoms with van der Waals surface area (Å²) in [6.07, 6.45) is 82.4. The highest BCUT2D eigenvalue weighted by Crippen LogP contribution is 2.73. The minimum Gasteiger partial charge on any atom is -0.295 e. The summed E-state index contributed by atoms with van der Waals surface area (Å²) in [6, 6.07) is 9.55. The lowest BCUT2D eigenvalue weighted by Crippen LogP contribution is -2.78. The Morgan fingerprint density at radius 1 is 0.179 bits per heavy atom. The molecule has 696 valence electrons. The number of rotatable bonds is 9. The summed E-state index contributed by atoms with van der Waals surface area (Å²) < 4.78 is 0. The van der Waals surface area contributed by atoms with Gasteiger partial charge >= 0.3 is 0 Å². The quantitative estimate of drug-likeness (QED) is 0.213. The number of fused-ring (bicyclic) bond motifs is 10. The normalized spacial score (nSPS) is 49.4. The van der Waals surface area contributed by atoms with Gasteiger partial charge in [0, 0.05) is 72.5 Å². The first-order chi connectivity index (χ1) is 58.8. The zero-order valence-corrected chi connectivity index (χ0v) is 84.5. The number of nitrogens with zero attached hydrogens (tertiary/aromatic N) is 4. The molecule has 0 aromatic carbocycles. The second-order valence-electron chi connectivity index (χ2n) is 58.9. The van der Waals surface area contributed by atoms with E-state index in [-0.39, 0.29) is 0 Å². The van der Waals surface area contributed by atoms with Gasteiger partial charge in [-0.25, -0.2) is 0 Å². The molecule has 0 N–H and O–H groups in total. The van der Waals surface area contributed by atoms with Gasteiger partial charge in [0.15, 0.2) is 6.71 Å². The van der Waals surface area contributed by atoms with Crippen molar-refractivity contribution in [3.63, 3.8) is 0 Å². The van der Waals surface area contributed by atoms with Crippen LogP contribution in [0.2, 0.25) is 17.5 Å². The maximum absolute atomic E-state index is 4.12. The van der Waals surface area contributed by atoms with E-state index in [4.69, 9.17) is 0 Å². The average molecular weight is 1690 g/mol. The summed E-state index contributed by atoms with van der Waals surface area (Å²) in [5.74, 6) is 26.9. The lowest BCUT2D eigenvalue weighted by molar-refractivity contribution is -0.161. The number of likely N-dealkylation sites (tertiary alicyclic amines) is 2. The van der Waals surface area contributed by atoms with Crippen LogP contribution in [0.3, 0.4) is 0 Å². The zero-order chi connectivity index (χ0) is 85.0. The highest BCUT2D eigenvalue weighted by Gasteiger charge is 2.72. The molecule has 0 spiro atoms. The maximum Gasteiger partial charge on any atom is 0.156 e. The number of hydrogen-bond acceptors (Lipinski definition) is 4. The van der Waals surface area contributed by atoms with Crippen LogP contribution in [0.15, 0.2) is 0 Å². The first kappa shape index (κ1) is 89.4. The van der Waals surface area contributed by atoms with Crippen LogP contribution >= 0.6 is 0 Å². The molecule has 33 atom stereocenters. The van der Waals surface area contributed by atoms with Gasteiger partial charge in [0.2, 0.25) is 0 Å². The predicted molar refractivity (Wildman–Crippen MR) is 522 cm³/mol. The molecule has 0 bridgehead atoms. The molecule has 0 aromatic heterocycles. The third-order valence-electron chi connectivity index (χ3n) is 48.0. The molecular weight excluding hydrogens is 1480 g/mol. The maximum atomic E-state index is 4.12. The van der Waals surface area contributed by atoms with Gasteiger partial charge in [0.1, 0.15) is 0 Å². The van der Waals surface area contributed by atoms with Crippen molar-refractivity contribution < 1.29 is 0 Å². The van der Waals surface area contributed by atoms with Crippen LogP contribution in [0.1, 0.15) is 465 Å². The van der Waals surface area contributed by atoms with Crippen LogP contribution in [0.25, 0.3) is 0 Å². The van der Waals surface area contributed by atoms with Crippen molar-refractivity contribution in [3.8, 4) is 0 Å². The van der Waals surface area contributed by atoms with Crippen molar-refractivity contribution in [1.29, 1.82) is 0 Å². The van der Waals surface area contributed by atoms with Gasteiger partial charge in [0.05, 0.1) is 0 Å². The molecule has 21 fully saturated rings. The lowest BCUT2D eigenvalue weighted by Gasteiger charge is -2.73. The van der Waals surface area contributed by atoms with Gasteiger partial charge in [0.25, 0.3) is 0 Å². The highest BCUT2D eigenvalue weighted by molar-refractivity contribution is 6.65. The van der Waals surface area contributed by atoms with E-state index >= 15 is 0 Å². The van der Waals surface area contributed by atoms with Gasteiger partial charge in [-0.1, -0.05) is 298 Å². The van der Waals surface area contributed by atoms with Crippen LogP contribution in [-0.2, 0) is 0 Å². The summed E-state index contributed by atoms with van der Waals surface area (Å²) in [5.41, 5.74) is 2.38. The fraction of sp³-hybridized carbons (Fsp3) is 1.00. The third kappa shape index (κ3) is 16.4. The van der Waals surface area contributed by atoms with E-state index < -0.39 is 0 Å². The Bertz CT molecular complexity index is 3390. The van der Waals surface area contributed by atoms with E-state index in [2.05, 4.69) is 144 Å². The molecule has 4 nitrogen and oxygen atoms in total. The third-order valence-corrected chi connectivity index (χ3v) is 48.0. The fourth-order valence-electron chi connectivity index (χ4n) is 42.3. The average Bonchev–Trinajstić information content (AvgIpc) is 1.04. The molecular formula is C118H201BN4. The monoisotopic (exact) mass is 1690 g/mol. The number of hydrogen-bond donors (Lipinski definition) is 0. The van der Waals surface area contributed by atoms with E-state index in [1.165, 1.54) is 141 Å². The zero-order valence-electron chi connectivity index (χ0n) is 84.5.